The third kappa shape index (κ3) is 4.52. The van der Waals surface area contributed by atoms with Gasteiger partial charge in [-0.2, -0.15) is 0 Å². The van der Waals surface area contributed by atoms with Crippen molar-refractivity contribution in [3.05, 3.63) is 89.5 Å². The lowest BCUT2D eigenvalue weighted by atomic mass is 10.0. The zero-order chi connectivity index (χ0) is 22.6. The molecule has 2 heterocycles. The molecule has 3 aromatic carbocycles. The maximum Gasteiger partial charge on any atom is 0.257 e. The first kappa shape index (κ1) is 21.3. The van der Waals surface area contributed by atoms with Crippen molar-refractivity contribution in [3.63, 3.8) is 0 Å². The van der Waals surface area contributed by atoms with Gasteiger partial charge in [-0.15, -0.1) is 0 Å². The van der Waals surface area contributed by atoms with Crippen molar-refractivity contribution in [2.24, 2.45) is 0 Å². The van der Waals surface area contributed by atoms with Crippen molar-refractivity contribution >= 4 is 11.6 Å². The molecular formula is C27H28N2O4. The molecule has 2 aliphatic heterocycles. The van der Waals surface area contributed by atoms with Crippen molar-refractivity contribution in [1.82, 2.24) is 4.90 Å². The lowest BCUT2D eigenvalue weighted by Gasteiger charge is -2.39. The molecule has 3 aromatic rings. The van der Waals surface area contributed by atoms with Gasteiger partial charge in [-0.3, -0.25) is 4.79 Å². The predicted octanol–water partition coefficient (Wildman–Crippen LogP) is 5.02. The molecule has 0 aliphatic carbocycles. The molecule has 1 N–H and O–H groups in total. The highest BCUT2D eigenvalue weighted by Gasteiger charge is 2.35. The molecular weight excluding hydrogens is 416 g/mol. The Morgan fingerprint density at radius 2 is 1.85 bits per heavy atom. The van der Waals surface area contributed by atoms with Crippen molar-refractivity contribution in [3.8, 4) is 11.5 Å². The van der Waals surface area contributed by atoms with Crippen LogP contribution in [0.4, 0.5) is 5.69 Å². The number of carbonyl (C=O) groups is 1. The minimum absolute atomic E-state index is 0.00761. The second-order valence-corrected chi connectivity index (χ2v) is 8.37. The summed E-state index contributed by atoms with van der Waals surface area (Å²) in [6.45, 7) is 1.75. The molecule has 6 heteroatoms. The summed E-state index contributed by atoms with van der Waals surface area (Å²) < 4.78 is 17.5. The van der Waals surface area contributed by atoms with Gasteiger partial charge in [0.1, 0.15) is 12.8 Å². The number of hydrogen-bond donors (Lipinski definition) is 1. The number of nitrogens with zero attached hydrogens (tertiary/aromatic N) is 1. The van der Waals surface area contributed by atoms with Crippen molar-refractivity contribution < 1.29 is 19.0 Å². The predicted molar refractivity (Wildman–Crippen MR) is 127 cm³/mol. The largest absolute Gasteiger partial charge is 0.493 e. The fraction of sp³-hybridized carbons (Fsp3) is 0.296. The zero-order valence-electron chi connectivity index (χ0n) is 18.7. The Morgan fingerprint density at radius 1 is 1.03 bits per heavy atom. The topological polar surface area (TPSA) is 60.0 Å². The van der Waals surface area contributed by atoms with Crippen LogP contribution in [0, 0.1) is 0 Å². The first-order valence-electron chi connectivity index (χ1n) is 11.4. The van der Waals surface area contributed by atoms with Crippen LogP contribution in [0.15, 0.2) is 72.8 Å². The number of nitrogens with one attached hydrogen (secondary N) is 1. The van der Waals surface area contributed by atoms with E-state index in [0.717, 1.165) is 36.3 Å². The molecule has 0 bridgehead atoms. The fourth-order valence-corrected chi connectivity index (χ4v) is 4.46. The van der Waals surface area contributed by atoms with E-state index in [-0.39, 0.29) is 18.2 Å². The van der Waals surface area contributed by atoms with Crippen LogP contribution in [0.1, 0.15) is 40.5 Å². The smallest absolute Gasteiger partial charge is 0.257 e. The molecule has 1 saturated heterocycles. The van der Waals surface area contributed by atoms with Gasteiger partial charge in [-0.25, -0.2) is 0 Å². The van der Waals surface area contributed by atoms with Crippen LogP contribution in [-0.4, -0.2) is 37.2 Å². The van der Waals surface area contributed by atoms with Crippen LogP contribution < -0.4 is 14.8 Å². The van der Waals surface area contributed by atoms with E-state index < -0.39 is 0 Å². The maximum absolute atomic E-state index is 13.4. The van der Waals surface area contributed by atoms with Crippen LogP contribution in [0.25, 0.3) is 0 Å². The highest BCUT2D eigenvalue weighted by Crippen LogP contribution is 2.37. The van der Waals surface area contributed by atoms with Crippen LogP contribution in [0.5, 0.6) is 11.5 Å². The van der Waals surface area contributed by atoms with Gasteiger partial charge >= 0.3 is 0 Å². The zero-order valence-corrected chi connectivity index (χ0v) is 18.7. The van der Waals surface area contributed by atoms with E-state index in [9.17, 15) is 4.79 Å². The molecule has 2 atom stereocenters. The molecule has 0 aromatic heterocycles. The molecule has 170 valence electrons. The van der Waals surface area contributed by atoms with Gasteiger partial charge < -0.3 is 24.4 Å². The van der Waals surface area contributed by atoms with E-state index in [1.165, 1.54) is 0 Å². The van der Waals surface area contributed by atoms with Gasteiger partial charge in [-0.1, -0.05) is 48.5 Å². The van der Waals surface area contributed by atoms with Gasteiger partial charge in [0.25, 0.3) is 5.91 Å². The monoisotopic (exact) mass is 444 g/mol. The van der Waals surface area contributed by atoms with Crippen LogP contribution in [-0.2, 0) is 11.3 Å². The standard InChI is InChI=1S/C27H28N2O4/c1-31-25-16-20(13-14-24(25)33-18-19-8-3-2-4-9-19)26-28-23-12-6-5-11-22(23)27(30)29(26)17-21-10-7-15-32-21/h2-6,8-9,11-14,16,21,26,28H,7,10,15,17-18H2,1H3. The number of fused-ring (bicyclic) bond motifs is 1. The molecule has 2 unspecified atom stereocenters. The van der Waals surface area contributed by atoms with Crippen molar-refractivity contribution in [2.45, 2.75) is 31.7 Å². The van der Waals surface area contributed by atoms with E-state index >= 15 is 0 Å². The van der Waals surface area contributed by atoms with Gasteiger partial charge in [0.2, 0.25) is 0 Å². The van der Waals surface area contributed by atoms with E-state index in [2.05, 4.69) is 5.32 Å². The van der Waals surface area contributed by atoms with Crippen molar-refractivity contribution in [1.29, 1.82) is 0 Å². The number of hydrogen-bond acceptors (Lipinski definition) is 5. The number of rotatable bonds is 7. The summed E-state index contributed by atoms with van der Waals surface area (Å²) in [6, 6.07) is 23.5. The maximum atomic E-state index is 13.4. The average molecular weight is 445 g/mol. The SMILES string of the molecule is COc1cc(C2Nc3ccccc3C(=O)N2CC2CCCO2)ccc1OCc1ccccc1. The summed E-state index contributed by atoms with van der Waals surface area (Å²) in [6.07, 6.45) is 1.73. The number of ether oxygens (including phenoxy) is 3. The number of para-hydroxylation sites is 1. The molecule has 1 fully saturated rings. The second kappa shape index (κ2) is 9.55. The molecule has 6 nitrogen and oxygen atoms in total. The highest BCUT2D eigenvalue weighted by atomic mass is 16.5. The number of methoxy groups -OCH3 is 1. The highest BCUT2D eigenvalue weighted by molar-refractivity contribution is 6.01. The van der Waals surface area contributed by atoms with Crippen molar-refractivity contribution in [2.75, 3.05) is 25.6 Å². The minimum Gasteiger partial charge on any atom is -0.493 e. The normalized spacial score (nSPS) is 19.7. The first-order chi connectivity index (χ1) is 16.2. The fourth-order valence-electron chi connectivity index (χ4n) is 4.46. The number of benzene rings is 3. The summed E-state index contributed by atoms with van der Waals surface area (Å²) in [4.78, 5) is 15.3. The lowest BCUT2D eigenvalue weighted by molar-refractivity contribution is 0.0426. The molecule has 0 radical (unpaired) electrons. The number of amides is 1. The average Bonchev–Trinajstić information content (AvgIpc) is 3.38. The molecule has 1 amide bonds. The summed E-state index contributed by atoms with van der Waals surface area (Å²) in [7, 11) is 1.63. The Balaban J connectivity index is 1.43. The molecule has 2 aliphatic rings. The van der Waals surface area contributed by atoms with Crippen LogP contribution in [0.3, 0.4) is 0 Å². The summed E-state index contributed by atoms with van der Waals surface area (Å²) >= 11 is 0. The Bertz CT molecular complexity index is 1110. The van der Waals surface area contributed by atoms with Crippen LogP contribution >= 0.6 is 0 Å². The Kier molecular flexibility index (Phi) is 6.17. The van der Waals surface area contributed by atoms with Gasteiger partial charge in [0.15, 0.2) is 11.5 Å². The molecule has 0 saturated carbocycles. The molecule has 0 spiro atoms. The summed E-state index contributed by atoms with van der Waals surface area (Å²) in [5.41, 5.74) is 3.53. The van der Waals surface area contributed by atoms with Crippen LogP contribution in [0.2, 0.25) is 0 Å². The van der Waals surface area contributed by atoms with Gasteiger partial charge in [0, 0.05) is 18.8 Å². The quantitative estimate of drug-likeness (QED) is 0.555. The number of carbonyl (C=O) groups excluding carboxylic acids is 1. The minimum atomic E-state index is -0.325. The van der Waals surface area contributed by atoms with E-state index in [4.69, 9.17) is 14.2 Å². The summed E-state index contributed by atoms with van der Waals surface area (Å²) in [5, 5.41) is 3.55. The van der Waals surface area contributed by atoms with E-state index in [0.29, 0.717) is 30.2 Å². The first-order valence-corrected chi connectivity index (χ1v) is 11.4. The van der Waals surface area contributed by atoms with Gasteiger partial charge in [0.05, 0.1) is 18.8 Å². The lowest BCUT2D eigenvalue weighted by Crippen LogP contribution is -2.46. The number of anilines is 1. The third-order valence-electron chi connectivity index (χ3n) is 6.19. The third-order valence-corrected chi connectivity index (χ3v) is 6.19. The second-order valence-electron chi connectivity index (χ2n) is 8.37. The Hall–Kier alpha value is -3.51. The molecule has 5 rings (SSSR count). The van der Waals surface area contributed by atoms with Gasteiger partial charge in [-0.05, 0) is 48.2 Å². The van der Waals surface area contributed by atoms with E-state index in [1.807, 2.05) is 77.7 Å². The Labute approximate surface area is 194 Å². The summed E-state index contributed by atoms with van der Waals surface area (Å²) in [5.74, 6) is 1.31. The van der Waals surface area contributed by atoms with E-state index in [1.54, 1.807) is 7.11 Å². The Morgan fingerprint density at radius 3 is 2.64 bits per heavy atom. The molecule has 33 heavy (non-hydrogen) atoms.